The van der Waals surface area contributed by atoms with Crippen LogP contribution in [0.25, 0.3) is 0 Å². The highest BCUT2D eigenvalue weighted by Crippen LogP contribution is 2.26. The minimum atomic E-state index is -0.890. The number of carbonyl (C=O) groups is 2. The normalized spacial score (nSPS) is 23.0. The number of carbonyl (C=O) groups excluding carboxylic acids is 1. The van der Waals surface area contributed by atoms with Gasteiger partial charge in [-0.15, -0.1) is 0 Å². The minimum absolute atomic E-state index is 0.0966. The first kappa shape index (κ1) is 14.1. The Balaban J connectivity index is 1.73. The number of hydrogen-bond donors (Lipinski definition) is 1. The van der Waals surface area contributed by atoms with Crippen molar-refractivity contribution in [2.75, 3.05) is 24.5 Å². The Labute approximate surface area is 124 Å². The zero-order valence-electron chi connectivity index (χ0n) is 12.0. The molecule has 0 bridgehead atoms. The molecule has 3 rings (SSSR count). The molecule has 1 atom stereocenters. The summed E-state index contributed by atoms with van der Waals surface area (Å²) in [6, 6.07) is 7.91. The third-order valence-corrected chi connectivity index (χ3v) is 4.30. The number of likely N-dealkylation sites (tertiary alicyclic amines) is 1. The first-order valence-electron chi connectivity index (χ1n) is 7.48. The molecular formula is C16H20N2O3. The number of carboxylic acids is 1. The maximum atomic E-state index is 12.0. The van der Waals surface area contributed by atoms with Gasteiger partial charge in [0, 0.05) is 25.2 Å². The van der Waals surface area contributed by atoms with Gasteiger partial charge in [0.25, 0.3) is 0 Å². The van der Waals surface area contributed by atoms with Crippen LogP contribution in [0.1, 0.15) is 24.8 Å². The van der Waals surface area contributed by atoms with E-state index in [1.54, 1.807) is 4.90 Å². The van der Waals surface area contributed by atoms with Gasteiger partial charge in [-0.3, -0.25) is 14.5 Å². The molecule has 112 valence electrons. The van der Waals surface area contributed by atoms with Gasteiger partial charge >= 0.3 is 5.97 Å². The number of aliphatic carboxylic acids is 1. The van der Waals surface area contributed by atoms with Crippen LogP contribution in [0.15, 0.2) is 24.3 Å². The first-order chi connectivity index (χ1) is 10.1. The van der Waals surface area contributed by atoms with Crippen molar-refractivity contribution < 1.29 is 14.7 Å². The van der Waals surface area contributed by atoms with E-state index in [4.69, 9.17) is 5.11 Å². The van der Waals surface area contributed by atoms with Gasteiger partial charge in [0.15, 0.2) is 0 Å². The molecule has 0 saturated carbocycles. The molecule has 5 nitrogen and oxygen atoms in total. The van der Waals surface area contributed by atoms with E-state index in [1.165, 1.54) is 18.4 Å². The number of carboxylic acid groups (broad SMARTS) is 1. The lowest BCUT2D eigenvalue weighted by Gasteiger charge is -2.19. The lowest BCUT2D eigenvalue weighted by Crippen LogP contribution is -2.26. The molecule has 2 saturated heterocycles. The highest BCUT2D eigenvalue weighted by Gasteiger charge is 2.35. The summed E-state index contributed by atoms with van der Waals surface area (Å²) in [5.74, 6) is -1.57. The Morgan fingerprint density at radius 1 is 1.29 bits per heavy atom. The van der Waals surface area contributed by atoms with Crippen molar-refractivity contribution in [3.63, 3.8) is 0 Å². The summed E-state index contributed by atoms with van der Waals surface area (Å²) in [6.45, 7) is 3.45. The van der Waals surface area contributed by atoms with Gasteiger partial charge in [0.05, 0.1) is 5.92 Å². The molecule has 0 aliphatic carbocycles. The van der Waals surface area contributed by atoms with E-state index in [-0.39, 0.29) is 18.9 Å². The molecule has 2 aliphatic rings. The van der Waals surface area contributed by atoms with E-state index in [0.29, 0.717) is 0 Å². The van der Waals surface area contributed by atoms with Crippen LogP contribution < -0.4 is 4.90 Å². The fourth-order valence-corrected chi connectivity index (χ4v) is 3.14. The van der Waals surface area contributed by atoms with Crippen molar-refractivity contribution in [2.24, 2.45) is 5.92 Å². The second-order valence-electron chi connectivity index (χ2n) is 5.90. The van der Waals surface area contributed by atoms with Crippen LogP contribution in [-0.2, 0) is 16.1 Å². The second-order valence-corrected chi connectivity index (χ2v) is 5.90. The molecule has 1 aromatic rings. The van der Waals surface area contributed by atoms with Crippen molar-refractivity contribution in [1.29, 1.82) is 0 Å². The number of hydrogen-bond acceptors (Lipinski definition) is 3. The molecule has 1 amide bonds. The first-order valence-corrected chi connectivity index (χ1v) is 7.48. The largest absolute Gasteiger partial charge is 0.481 e. The molecular weight excluding hydrogens is 268 g/mol. The average Bonchev–Trinajstić information content (AvgIpc) is 3.08. The molecule has 2 heterocycles. The van der Waals surface area contributed by atoms with Crippen molar-refractivity contribution in [1.82, 2.24) is 4.90 Å². The average molecular weight is 288 g/mol. The Morgan fingerprint density at radius 3 is 2.71 bits per heavy atom. The third kappa shape index (κ3) is 3.08. The van der Waals surface area contributed by atoms with Crippen LogP contribution >= 0.6 is 0 Å². The lowest BCUT2D eigenvalue weighted by atomic mass is 10.1. The van der Waals surface area contributed by atoms with E-state index < -0.39 is 11.9 Å². The van der Waals surface area contributed by atoms with Gasteiger partial charge in [-0.25, -0.2) is 0 Å². The van der Waals surface area contributed by atoms with Gasteiger partial charge in [-0.1, -0.05) is 12.1 Å². The number of nitrogens with zero attached hydrogens (tertiary/aromatic N) is 2. The van der Waals surface area contributed by atoms with E-state index in [2.05, 4.69) is 11.0 Å². The minimum Gasteiger partial charge on any atom is -0.481 e. The van der Waals surface area contributed by atoms with Crippen molar-refractivity contribution >= 4 is 17.6 Å². The zero-order chi connectivity index (χ0) is 14.8. The van der Waals surface area contributed by atoms with Crippen LogP contribution in [-0.4, -0.2) is 41.5 Å². The predicted octanol–water partition coefficient (Wildman–Crippen LogP) is 1.72. The Kier molecular flexibility index (Phi) is 3.92. The second kappa shape index (κ2) is 5.85. The predicted molar refractivity (Wildman–Crippen MR) is 79.0 cm³/mol. The SMILES string of the molecule is O=C(O)C1CC(=O)N(c2cccc(CN3CCCC3)c2)C1. The molecule has 21 heavy (non-hydrogen) atoms. The van der Waals surface area contributed by atoms with Gasteiger partial charge in [0.1, 0.15) is 0 Å². The number of rotatable bonds is 4. The van der Waals surface area contributed by atoms with Crippen LogP contribution in [0.4, 0.5) is 5.69 Å². The molecule has 2 fully saturated rings. The summed E-state index contributed by atoms with van der Waals surface area (Å²) in [6.07, 6.45) is 2.61. The van der Waals surface area contributed by atoms with Gasteiger partial charge < -0.3 is 10.0 Å². The zero-order valence-corrected chi connectivity index (χ0v) is 12.0. The Morgan fingerprint density at radius 2 is 2.05 bits per heavy atom. The van der Waals surface area contributed by atoms with E-state index in [9.17, 15) is 9.59 Å². The topological polar surface area (TPSA) is 60.9 Å². The molecule has 1 aromatic carbocycles. The summed E-state index contributed by atoms with van der Waals surface area (Å²) in [4.78, 5) is 27.0. The maximum absolute atomic E-state index is 12.0. The maximum Gasteiger partial charge on any atom is 0.308 e. The third-order valence-electron chi connectivity index (χ3n) is 4.30. The van der Waals surface area contributed by atoms with Crippen molar-refractivity contribution in [2.45, 2.75) is 25.8 Å². The Bertz CT molecular complexity index is 552. The lowest BCUT2D eigenvalue weighted by molar-refractivity contribution is -0.141. The summed E-state index contributed by atoms with van der Waals surface area (Å²) in [5.41, 5.74) is 2.00. The molecule has 0 aromatic heterocycles. The smallest absolute Gasteiger partial charge is 0.308 e. The Hall–Kier alpha value is -1.88. The van der Waals surface area contributed by atoms with Crippen molar-refractivity contribution in [3.05, 3.63) is 29.8 Å². The molecule has 1 N–H and O–H groups in total. The molecule has 5 heteroatoms. The highest BCUT2D eigenvalue weighted by atomic mass is 16.4. The van der Waals surface area contributed by atoms with E-state index in [0.717, 1.165) is 25.3 Å². The highest BCUT2D eigenvalue weighted by molar-refractivity contribution is 5.99. The van der Waals surface area contributed by atoms with E-state index in [1.807, 2.05) is 18.2 Å². The van der Waals surface area contributed by atoms with Gasteiger partial charge in [-0.2, -0.15) is 0 Å². The molecule has 0 spiro atoms. The number of anilines is 1. The standard InChI is InChI=1S/C16H20N2O3/c19-15-9-13(16(20)21)11-18(15)14-5-3-4-12(8-14)10-17-6-1-2-7-17/h3-5,8,13H,1-2,6-7,9-11H2,(H,20,21). The number of amides is 1. The summed E-state index contributed by atoms with van der Waals surface area (Å²) in [7, 11) is 0. The summed E-state index contributed by atoms with van der Waals surface area (Å²) >= 11 is 0. The fraction of sp³-hybridized carbons (Fsp3) is 0.500. The van der Waals surface area contributed by atoms with Gasteiger partial charge in [-0.05, 0) is 43.6 Å². The molecule has 1 unspecified atom stereocenters. The van der Waals surface area contributed by atoms with Crippen LogP contribution in [0.3, 0.4) is 0 Å². The summed E-state index contributed by atoms with van der Waals surface area (Å²) < 4.78 is 0. The number of benzene rings is 1. The van der Waals surface area contributed by atoms with Crippen LogP contribution in [0.2, 0.25) is 0 Å². The van der Waals surface area contributed by atoms with Crippen LogP contribution in [0.5, 0.6) is 0 Å². The summed E-state index contributed by atoms with van der Waals surface area (Å²) in [5, 5.41) is 9.05. The van der Waals surface area contributed by atoms with Crippen LogP contribution in [0, 0.1) is 5.92 Å². The molecule has 2 aliphatic heterocycles. The monoisotopic (exact) mass is 288 g/mol. The van der Waals surface area contributed by atoms with Crippen molar-refractivity contribution in [3.8, 4) is 0 Å². The van der Waals surface area contributed by atoms with E-state index >= 15 is 0 Å². The van der Waals surface area contributed by atoms with Gasteiger partial charge in [0.2, 0.25) is 5.91 Å². The molecule has 0 radical (unpaired) electrons. The fourth-order valence-electron chi connectivity index (χ4n) is 3.14. The quantitative estimate of drug-likeness (QED) is 0.916.